The first-order valence-corrected chi connectivity index (χ1v) is 12.2. The van der Waals surface area contributed by atoms with Gasteiger partial charge in [-0.3, -0.25) is 15.0 Å². The third-order valence-corrected chi connectivity index (χ3v) is 4.77. The number of aromatic nitrogens is 5. The van der Waals surface area contributed by atoms with Gasteiger partial charge in [0.1, 0.15) is 5.82 Å². The van der Waals surface area contributed by atoms with E-state index in [4.69, 9.17) is 4.42 Å². The SMILES string of the molecule is CC(C)c1ccccn1.CC(C)c1ccoc1.CC(C)c1cnccn1.CC(C)c1ncccn1. The second kappa shape index (κ2) is 17.1. The lowest BCUT2D eigenvalue weighted by Crippen LogP contribution is -1.93. The molecule has 0 saturated heterocycles. The van der Waals surface area contributed by atoms with Crippen molar-refractivity contribution < 1.29 is 4.42 Å². The van der Waals surface area contributed by atoms with E-state index in [0.717, 1.165) is 17.2 Å². The fourth-order valence-corrected chi connectivity index (χ4v) is 2.54. The molecular weight excluding hydrogens is 434 g/mol. The van der Waals surface area contributed by atoms with Crippen LogP contribution in [0.25, 0.3) is 0 Å². The van der Waals surface area contributed by atoms with Crippen LogP contribution in [0, 0.1) is 0 Å². The van der Waals surface area contributed by atoms with E-state index >= 15 is 0 Å². The van der Waals surface area contributed by atoms with Crippen molar-refractivity contribution in [1.29, 1.82) is 0 Å². The summed E-state index contributed by atoms with van der Waals surface area (Å²) in [5, 5.41) is 0. The fraction of sp³-hybridized carbons (Fsp3) is 0.414. The van der Waals surface area contributed by atoms with Crippen LogP contribution < -0.4 is 0 Å². The van der Waals surface area contributed by atoms with Gasteiger partial charge in [-0.25, -0.2) is 9.97 Å². The summed E-state index contributed by atoms with van der Waals surface area (Å²) in [5.41, 5.74) is 3.49. The zero-order valence-electron chi connectivity index (χ0n) is 22.5. The summed E-state index contributed by atoms with van der Waals surface area (Å²) in [5.74, 6) is 2.97. The van der Waals surface area contributed by atoms with Crippen LogP contribution in [0.2, 0.25) is 0 Å². The van der Waals surface area contributed by atoms with Crippen molar-refractivity contribution in [2.24, 2.45) is 0 Å². The average molecular weight is 476 g/mol. The van der Waals surface area contributed by atoms with Crippen molar-refractivity contribution in [2.45, 2.75) is 79.1 Å². The van der Waals surface area contributed by atoms with E-state index in [1.165, 1.54) is 5.56 Å². The molecule has 0 N–H and O–H groups in total. The van der Waals surface area contributed by atoms with Gasteiger partial charge in [0.2, 0.25) is 0 Å². The predicted molar refractivity (Wildman–Crippen MR) is 143 cm³/mol. The Kier molecular flexibility index (Phi) is 14.5. The van der Waals surface area contributed by atoms with Gasteiger partial charge in [0.15, 0.2) is 0 Å². The molecule has 4 aromatic heterocycles. The molecule has 0 spiro atoms. The summed E-state index contributed by atoms with van der Waals surface area (Å²) in [4.78, 5) is 20.4. The molecule has 0 bridgehead atoms. The summed E-state index contributed by atoms with van der Waals surface area (Å²) < 4.78 is 4.88. The largest absolute Gasteiger partial charge is 0.472 e. The summed E-state index contributed by atoms with van der Waals surface area (Å²) in [6.45, 7) is 16.9. The van der Waals surface area contributed by atoms with Crippen LogP contribution in [0.5, 0.6) is 0 Å². The maximum atomic E-state index is 4.88. The number of furan rings is 1. The molecule has 4 heterocycles. The molecule has 0 radical (unpaired) electrons. The zero-order valence-corrected chi connectivity index (χ0v) is 22.5. The molecule has 188 valence electrons. The first-order chi connectivity index (χ1) is 16.7. The summed E-state index contributed by atoms with van der Waals surface area (Å²) in [7, 11) is 0. The zero-order chi connectivity index (χ0) is 26.1. The standard InChI is InChI=1S/C8H11N.2C7H10N2.C7H10O/c1-7(2)8-5-3-4-6-9-8;1-6(2)7-5-8-3-4-9-7;1-6(2)7-8-4-3-5-9-7;1-6(2)7-3-4-8-5-7/h3-7H,1-2H3;2*3-6H,1-2H3;3-6H,1-2H3. The minimum atomic E-state index is 0.436. The molecule has 0 aromatic carbocycles. The van der Waals surface area contributed by atoms with Crippen LogP contribution in [0.1, 0.15) is 102 Å². The van der Waals surface area contributed by atoms with E-state index in [1.807, 2.05) is 36.5 Å². The number of hydrogen-bond donors (Lipinski definition) is 0. The number of hydrogen-bond acceptors (Lipinski definition) is 6. The molecule has 4 aromatic rings. The molecule has 0 saturated carbocycles. The summed E-state index contributed by atoms with van der Waals surface area (Å²) in [6, 6.07) is 9.81. The van der Waals surface area contributed by atoms with Crippen LogP contribution >= 0.6 is 0 Å². The van der Waals surface area contributed by atoms with Gasteiger partial charge in [-0.2, -0.15) is 0 Å². The second-order valence-corrected chi connectivity index (χ2v) is 9.17. The van der Waals surface area contributed by atoms with E-state index in [0.29, 0.717) is 23.7 Å². The van der Waals surface area contributed by atoms with E-state index < -0.39 is 0 Å². The quantitative estimate of drug-likeness (QED) is 0.299. The molecule has 0 amide bonds. The maximum Gasteiger partial charge on any atom is 0.130 e. The van der Waals surface area contributed by atoms with E-state index in [9.17, 15) is 0 Å². The fourth-order valence-electron chi connectivity index (χ4n) is 2.54. The van der Waals surface area contributed by atoms with E-state index in [2.05, 4.69) is 80.3 Å². The van der Waals surface area contributed by atoms with Crippen LogP contribution in [-0.4, -0.2) is 24.9 Å². The van der Waals surface area contributed by atoms with Crippen molar-refractivity contribution in [3.8, 4) is 0 Å². The maximum absolute atomic E-state index is 4.88. The minimum absolute atomic E-state index is 0.436. The van der Waals surface area contributed by atoms with Crippen molar-refractivity contribution in [3.63, 3.8) is 0 Å². The monoisotopic (exact) mass is 475 g/mol. The minimum Gasteiger partial charge on any atom is -0.472 e. The van der Waals surface area contributed by atoms with Gasteiger partial charge < -0.3 is 4.42 Å². The molecular formula is C29H41N5O. The van der Waals surface area contributed by atoms with Crippen LogP contribution in [0.15, 0.2) is 84.5 Å². The topological polar surface area (TPSA) is 77.6 Å². The summed E-state index contributed by atoms with van der Waals surface area (Å²) >= 11 is 0. The normalized spacial score (nSPS) is 10.2. The Balaban J connectivity index is 0.000000234. The third kappa shape index (κ3) is 13.2. The lowest BCUT2D eigenvalue weighted by atomic mass is 10.1. The summed E-state index contributed by atoms with van der Waals surface area (Å²) in [6.07, 6.45) is 14.0. The van der Waals surface area contributed by atoms with Gasteiger partial charge in [-0.15, -0.1) is 0 Å². The van der Waals surface area contributed by atoms with E-state index in [-0.39, 0.29) is 0 Å². The van der Waals surface area contributed by atoms with Crippen LogP contribution in [0.3, 0.4) is 0 Å². The van der Waals surface area contributed by atoms with Crippen molar-refractivity contribution in [1.82, 2.24) is 24.9 Å². The Hall–Kier alpha value is -3.41. The van der Waals surface area contributed by atoms with Crippen LogP contribution in [-0.2, 0) is 0 Å². The molecule has 6 heteroatoms. The van der Waals surface area contributed by atoms with Gasteiger partial charge in [-0.1, -0.05) is 61.5 Å². The molecule has 0 atom stereocenters. The highest BCUT2D eigenvalue weighted by molar-refractivity contribution is 5.09. The number of nitrogens with zero attached hydrogens (tertiary/aromatic N) is 5. The third-order valence-electron chi connectivity index (χ3n) is 4.77. The Labute approximate surface area is 211 Å². The number of pyridine rings is 1. The van der Waals surface area contributed by atoms with E-state index in [1.54, 1.807) is 43.5 Å². The molecule has 35 heavy (non-hydrogen) atoms. The lowest BCUT2D eigenvalue weighted by Gasteiger charge is -2.00. The van der Waals surface area contributed by atoms with Crippen molar-refractivity contribution >= 4 is 0 Å². The van der Waals surface area contributed by atoms with Gasteiger partial charge in [0.25, 0.3) is 0 Å². The highest BCUT2D eigenvalue weighted by Crippen LogP contribution is 2.13. The lowest BCUT2D eigenvalue weighted by molar-refractivity contribution is 0.562. The molecule has 0 aliphatic rings. The molecule has 4 rings (SSSR count). The Morgan fingerprint density at radius 3 is 1.51 bits per heavy atom. The smallest absolute Gasteiger partial charge is 0.130 e. The first-order valence-electron chi connectivity index (χ1n) is 12.2. The molecule has 0 unspecified atom stereocenters. The molecule has 6 nitrogen and oxygen atoms in total. The average Bonchev–Trinajstić information content (AvgIpc) is 3.43. The first kappa shape index (κ1) is 29.6. The Bertz CT molecular complexity index is 884. The van der Waals surface area contributed by atoms with Gasteiger partial charge in [0.05, 0.1) is 18.2 Å². The van der Waals surface area contributed by atoms with Gasteiger partial charge >= 0.3 is 0 Å². The highest BCUT2D eigenvalue weighted by Gasteiger charge is 1.98. The molecule has 0 aliphatic carbocycles. The molecule has 0 aliphatic heterocycles. The van der Waals surface area contributed by atoms with Crippen molar-refractivity contribution in [3.05, 3.63) is 103 Å². The van der Waals surface area contributed by atoms with Gasteiger partial charge in [-0.05, 0) is 47.6 Å². The Morgan fingerprint density at radius 1 is 0.571 bits per heavy atom. The number of rotatable bonds is 4. The van der Waals surface area contributed by atoms with Gasteiger partial charge in [0, 0.05) is 48.8 Å². The predicted octanol–water partition coefficient (Wildman–Crippen LogP) is 7.81. The Morgan fingerprint density at radius 2 is 1.20 bits per heavy atom. The highest BCUT2D eigenvalue weighted by atomic mass is 16.3. The van der Waals surface area contributed by atoms with Crippen molar-refractivity contribution in [2.75, 3.05) is 0 Å². The molecule has 0 fully saturated rings. The second-order valence-electron chi connectivity index (χ2n) is 9.17. The van der Waals surface area contributed by atoms with Crippen LogP contribution in [0.4, 0.5) is 0 Å².